The van der Waals surface area contributed by atoms with Crippen LogP contribution in [0.2, 0.25) is 0 Å². The average molecular weight is 392 g/mol. The van der Waals surface area contributed by atoms with Crippen molar-refractivity contribution in [3.05, 3.63) is 70.8 Å². The van der Waals surface area contributed by atoms with Crippen LogP contribution < -0.4 is 0 Å². The van der Waals surface area contributed by atoms with Crippen molar-refractivity contribution >= 4 is 17.7 Å². The molecule has 6 nitrogen and oxygen atoms in total. The lowest BCUT2D eigenvalue weighted by atomic mass is 10.1. The Morgan fingerprint density at radius 2 is 1.69 bits per heavy atom. The Balaban J connectivity index is 1.30. The largest absolute Gasteiger partial charge is 0.370 e. The first kappa shape index (κ1) is 19.3. The molecule has 1 atom stereocenters. The van der Waals surface area contributed by atoms with Crippen LogP contribution in [0, 0.1) is 6.92 Å². The fraction of sp³-hybridized carbons (Fsp3) is 0.348. The van der Waals surface area contributed by atoms with Gasteiger partial charge in [0, 0.05) is 19.5 Å². The van der Waals surface area contributed by atoms with E-state index in [1.807, 2.05) is 36.1 Å². The van der Waals surface area contributed by atoms with Crippen LogP contribution in [0.5, 0.6) is 0 Å². The molecule has 29 heavy (non-hydrogen) atoms. The summed E-state index contributed by atoms with van der Waals surface area (Å²) in [5.74, 6) is -0.519. The van der Waals surface area contributed by atoms with Crippen molar-refractivity contribution in [1.82, 2.24) is 9.80 Å². The normalized spacial score (nSPS) is 18.9. The molecule has 0 aromatic heterocycles. The van der Waals surface area contributed by atoms with Crippen molar-refractivity contribution in [2.45, 2.75) is 25.9 Å². The molecule has 0 saturated carbocycles. The molecule has 0 aliphatic carbocycles. The second-order valence-corrected chi connectivity index (χ2v) is 7.52. The molecule has 0 spiro atoms. The standard InChI is InChI=1S/C23H24N2O4/c1-16-8-10-17(11-9-16)20-15-24(13-14-29-20)21(26)7-4-12-25-22(27)18-5-2-3-6-19(18)23(25)28/h2-3,5-6,8-11,20H,4,7,12-15H2,1H3. The van der Waals surface area contributed by atoms with Crippen molar-refractivity contribution in [3.8, 4) is 0 Å². The van der Waals surface area contributed by atoms with E-state index in [4.69, 9.17) is 4.74 Å². The summed E-state index contributed by atoms with van der Waals surface area (Å²) in [6, 6.07) is 15.0. The van der Waals surface area contributed by atoms with E-state index >= 15 is 0 Å². The van der Waals surface area contributed by atoms with Gasteiger partial charge in [0.2, 0.25) is 5.91 Å². The summed E-state index contributed by atoms with van der Waals surface area (Å²) in [7, 11) is 0. The van der Waals surface area contributed by atoms with E-state index in [1.54, 1.807) is 24.3 Å². The number of amides is 3. The van der Waals surface area contributed by atoms with Gasteiger partial charge in [-0.15, -0.1) is 0 Å². The number of imide groups is 1. The van der Waals surface area contributed by atoms with Crippen molar-refractivity contribution in [2.75, 3.05) is 26.2 Å². The summed E-state index contributed by atoms with van der Waals surface area (Å²) in [4.78, 5) is 40.5. The van der Waals surface area contributed by atoms with Crippen molar-refractivity contribution in [1.29, 1.82) is 0 Å². The smallest absolute Gasteiger partial charge is 0.261 e. The predicted octanol–water partition coefficient (Wildman–Crippen LogP) is 2.97. The van der Waals surface area contributed by atoms with Gasteiger partial charge in [0.25, 0.3) is 11.8 Å². The Morgan fingerprint density at radius 3 is 2.34 bits per heavy atom. The molecule has 1 unspecified atom stereocenters. The third-order valence-corrected chi connectivity index (χ3v) is 5.52. The SMILES string of the molecule is Cc1ccc(C2CN(C(=O)CCCN3C(=O)c4ccccc4C3=O)CCO2)cc1. The lowest BCUT2D eigenvalue weighted by Gasteiger charge is -2.33. The number of benzene rings is 2. The highest BCUT2D eigenvalue weighted by molar-refractivity contribution is 6.21. The van der Waals surface area contributed by atoms with Gasteiger partial charge in [0.05, 0.1) is 24.3 Å². The van der Waals surface area contributed by atoms with Crippen molar-refractivity contribution in [3.63, 3.8) is 0 Å². The van der Waals surface area contributed by atoms with E-state index < -0.39 is 0 Å². The molecule has 150 valence electrons. The number of rotatable bonds is 5. The van der Waals surface area contributed by atoms with Crippen LogP contribution in [0.1, 0.15) is 50.8 Å². The number of aryl methyl sites for hydroxylation is 1. The zero-order valence-electron chi connectivity index (χ0n) is 16.5. The number of hydrogen-bond acceptors (Lipinski definition) is 4. The van der Waals surface area contributed by atoms with Crippen LogP contribution in [0.4, 0.5) is 0 Å². The zero-order valence-corrected chi connectivity index (χ0v) is 16.5. The number of carbonyl (C=O) groups excluding carboxylic acids is 3. The Kier molecular flexibility index (Phi) is 5.45. The van der Waals surface area contributed by atoms with Crippen molar-refractivity contribution in [2.24, 2.45) is 0 Å². The summed E-state index contributed by atoms with van der Waals surface area (Å²) < 4.78 is 5.84. The highest BCUT2D eigenvalue weighted by Crippen LogP contribution is 2.24. The molecule has 2 aromatic carbocycles. The minimum atomic E-state index is -0.274. The quantitative estimate of drug-likeness (QED) is 0.734. The van der Waals surface area contributed by atoms with E-state index in [2.05, 4.69) is 0 Å². The second-order valence-electron chi connectivity index (χ2n) is 7.52. The Labute approximate surface area is 170 Å². The summed E-state index contributed by atoms with van der Waals surface area (Å²) in [6.07, 6.45) is 0.634. The van der Waals surface area contributed by atoms with Crippen LogP contribution in [0.15, 0.2) is 48.5 Å². The molecule has 3 amide bonds. The second kappa shape index (κ2) is 8.17. The van der Waals surface area contributed by atoms with Crippen LogP contribution in [-0.2, 0) is 9.53 Å². The summed E-state index contributed by atoms with van der Waals surface area (Å²) >= 11 is 0. The maximum atomic E-state index is 12.7. The molecule has 6 heteroatoms. The topological polar surface area (TPSA) is 66.9 Å². The van der Waals surface area contributed by atoms with Gasteiger partial charge in [-0.05, 0) is 31.0 Å². The number of carbonyl (C=O) groups is 3. The van der Waals surface area contributed by atoms with E-state index in [0.717, 1.165) is 5.56 Å². The van der Waals surface area contributed by atoms with Crippen LogP contribution >= 0.6 is 0 Å². The maximum Gasteiger partial charge on any atom is 0.261 e. The van der Waals surface area contributed by atoms with E-state index in [-0.39, 0.29) is 30.4 Å². The van der Waals surface area contributed by atoms with Crippen LogP contribution in [0.3, 0.4) is 0 Å². The lowest BCUT2D eigenvalue weighted by Crippen LogP contribution is -2.42. The van der Waals surface area contributed by atoms with E-state index in [1.165, 1.54) is 10.5 Å². The summed E-state index contributed by atoms with van der Waals surface area (Å²) in [5, 5.41) is 0. The van der Waals surface area contributed by atoms with Gasteiger partial charge in [-0.3, -0.25) is 19.3 Å². The number of fused-ring (bicyclic) bond motifs is 1. The molecule has 2 aliphatic heterocycles. The number of nitrogens with zero attached hydrogens (tertiary/aromatic N) is 2. The fourth-order valence-electron chi connectivity index (χ4n) is 3.85. The van der Waals surface area contributed by atoms with Gasteiger partial charge < -0.3 is 9.64 Å². The van der Waals surface area contributed by atoms with Gasteiger partial charge in [0.1, 0.15) is 6.10 Å². The first-order chi connectivity index (χ1) is 14.0. The van der Waals surface area contributed by atoms with Crippen LogP contribution in [0.25, 0.3) is 0 Å². The monoisotopic (exact) mass is 392 g/mol. The lowest BCUT2D eigenvalue weighted by molar-refractivity contribution is -0.139. The number of ether oxygens (including phenoxy) is 1. The molecular weight excluding hydrogens is 368 g/mol. The summed E-state index contributed by atoms with van der Waals surface area (Å²) in [6.45, 7) is 3.88. The Hall–Kier alpha value is -2.99. The Bertz CT molecular complexity index is 903. The molecule has 4 rings (SSSR count). The molecule has 1 saturated heterocycles. The zero-order chi connectivity index (χ0) is 20.4. The van der Waals surface area contributed by atoms with E-state index in [9.17, 15) is 14.4 Å². The number of hydrogen-bond donors (Lipinski definition) is 0. The molecule has 2 aliphatic rings. The van der Waals surface area contributed by atoms with E-state index in [0.29, 0.717) is 43.7 Å². The van der Waals surface area contributed by atoms with Gasteiger partial charge in [0.15, 0.2) is 0 Å². The Morgan fingerprint density at radius 1 is 1.03 bits per heavy atom. The molecule has 0 N–H and O–H groups in total. The minimum absolute atomic E-state index is 0.0296. The number of morpholine rings is 1. The first-order valence-electron chi connectivity index (χ1n) is 9.96. The molecular formula is C23H24N2O4. The molecule has 0 bridgehead atoms. The third kappa shape index (κ3) is 3.93. The molecule has 2 aromatic rings. The molecule has 0 radical (unpaired) electrons. The third-order valence-electron chi connectivity index (χ3n) is 5.52. The summed E-state index contributed by atoms with van der Waals surface area (Å²) in [5.41, 5.74) is 3.14. The molecule has 2 heterocycles. The predicted molar refractivity (Wildman–Crippen MR) is 107 cm³/mol. The first-order valence-corrected chi connectivity index (χ1v) is 9.96. The van der Waals surface area contributed by atoms with Crippen molar-refractivity contribution < 1.29 is 19.1 Å². The minimum Gasteiger partial charge on any atom is -0.370 e. The van der Waals surface area contributed by atoms with Gasteiger partial charge in [-0.25, -0.2) is 0 Å². The van der Waals surface area contributed by atoms with Crippen LogP contribution in [-0.4, -0.2) is 53.8 Å². The van der Waals surface area contributed by atoms with Gasteiger partial charge >= 0.3 is 0 Å². The maximum absolute atomic E-state index is 12.7. The highest BCUT2D eigenvalue weighted by Gasteiger charge is 2.34. The average Bonchev–Trinajstić information content (AvgIpc) is 2.99. The van der Waals surface area contributed by atoms with Gasteiger partial charge in [-0.1, -0.05) is 42.0 Å². The highest BCUT2D eigenvalue weighted by atomic mass is 16.5. The molecule has 1 fully saturated rings. The van der Waals surface area contributed by atoms with Gasteiger partial charge in [-0.2, -0.15) is 0 Å². The fourth-order valence-corrected chi connectivity index (χ4v) is 3.85.